The van der Waals surface area contributed by atoms with E-state index >= 15 is 0 Å². The summed E-state index contributed by atoms with van der Waals surface area (Å²) in [6.45, 7) is 4.67. The van der Waals surface area contributed by atoms with Gasteiger partial charge in [-0.15, -0.1) is 0 Å². The third kappa shape index (κ3) is 2.32. The first-order valence-electron chi connectivity index (χ1n) is 4.62. The topological polar surface area (TPSA) is 86.9 Å². The molecule has 4 N–H and O–H groups in total. The van der Waals surface area contributed by atoms with Gasteiger partial charge in [-0.25, -0.2) is 0 Å². The summed E-state index contributed by atoms with van der Waals surface area (Å²) in [5.74, 6) is -0.480. The van der Waals surface area contributed by atoms with E-state index in [0.717, 1.165) is 17.9 Å². The maximum atomic E-state index is 10.8. The van der Waals surface area contributed by atoms with Gasteiger partial charge in [0.15, 0.2) is 0 Å². The number of carbonyl (C=O) groups is 1. The van der Waals surface area contributed by atoms with Crippen LogP contribution in [0.15, 0.2) is 6.07 Å². The SMILES string of the molecule is CCn1nc(C)cc1CC(N)C(N)=O. The van der Waals surface area contributed by atoms with Gasteiger partial charge in [0.25, 0.3) is 0 Å². The Morgan fingerprint density at radius 1 is 1.71 bits per heavy atom. The lowest BCUT2D eigenvalue weighted by Gasteiger charge is -2.08. The van der Waals surface area contributed by atoms with E-state index < -0.39 is 11.9 Å². The molecule has 1 aromatic heterocycles. The van der Waals surface area contributed by atoms with Gasteiger partial charge in [-0.1, -0.05) is 0 Å². The fourth-order valence-electron chi connectivity index (χ4n) is 1.36. The van der Waals surface area contributed by atoms with Crippen molar-refractivity contribution in [3.8, 4) is 0 Å². The van der Waals surface area contributed by atoms with Gasteiger partial charge in [-0.05, 0) is 19.9 Å². The molecule has 0 aliphatic rings. The van der Waals surface area contributed by atoms with E-state index in [0.29, 0.717) is 6.42 Å². The van der Waals surface area contributed by atoms with Crippen LogP contribution in [-0.2, 0) is 17.8 Å². The van der Waals surface area contributed by atoms with Crippen molar-refractivity contribution in [3.05, 3.63) is 17.5 Å². The van der Waals surface area contributed by atoms with Gasteiger partial charge < -0.3 is 11.5 Å². The summed E-state index contributed by atoms with van der Waals surface area (Å²) in [5.41, 5.74) is 12.5. The summed E-state index contributed by atoms with van der Waals surface area (Å²) in [5, 5.41) is 4.25. The molecule has 0 saturated heterocycles. The van der Waals surface area contributed by atoms with Crippen LogP contribution >= 0.6 is 0 Å². The van der Waals surface area contributed by atoms with Crippen molar-refractivity contribution in [3.63, 3.8) is 0 Å². The van der Waals surface area contributed by atoms with Crippen molar-refractivity contribution in [2.24, 2.45) is 11.5 Å². The Labute approximate surface area is 83.1 Å². The number of hydrogen-bond donors (Lipinski definition) is 2. The second-order valence-corrected chi connectivity index (χ2v) is 3.31. The van der Waals surface area contributed by atoms with Crippen LogP contribution in [0.3, 0.4) is 0 Å². The summed E-state index contributed by atoms with van der Waals surface area (Å²) in [6.07, 6.45) is 0.448. The quantitative estimate of drug-likeness (QED) is 0.684. The zero-order valence-corrected chi connectivity index (χ0v) is 8.53. The molecule has 1 rings (SSSR count). The molecule has 1 amide bonds. The van der Waals surface area contributed by atoms with Crippen molar-refractivity contribution in [1.82, 2.24) is 9.78 Å². The fourth-order valence-corrected chi connectivity index (χ4v) is 1.36. The highest BCUT2D eigenvalue weighted by Crippen LogP contribution is 2.05. The van der Waals surface area contributed by atoms with Gasteiger partial charge in [0.2, 0.25) is 5.91 Å². The lowest BCUT2D eigenvalue weighted by atomic mass is 10.1. The molecule has 0 aliphatic heterocycles. The Bertz CT molecular complexity index is 332. The number of nitrogens with two attached hydrogens (primary N) is 2. The second kappa shape index (κ2) is 4.23. The molecule has 0 aliphatic carbocycles. The molecule has 0 aromatic carbocycles. The number of hydrogen-bond acceptors (Lipinski definition) is 3. The van der Waals surface area contributed by atoms with Crippen LogP contribution in [0.4, 0.5) is 0 Å². The van der Waals surface area contributed by atoms with Crippen LogP contribution in [0, 0.1) is 6.92 Å². The average molecular weight is 196 g/mol. The molecule has 0 bridgehead atoms. The average Bonchev–Trinajstić information content (AvgIpc) is 2.45. The Morgan fingerprint density at radius 3 is 2.86 bits per heavy atom. The standard InChI is InChI=1S/C9H16N4O/c1-3-13-7(4-6(2)12-13)5-8(10)9(11)14/h4,8H,3,5,10H2,1-2H3,(H2,11,14). The molecule has 0 saturated carbocycles. The van der Waals surface area contributed by atoms with Gasteiger partial charge in [-0.3, -0.25) is 9.48 Å². The number of aryl methyl sites for hydroxylation is 2. The predicted octanol–water partition coefficient (Wildman–Crippen LogP) is -0.433. The van der Waals surface area contributed by atoms with Crippen LogP contribution in [0.25, 0.3) is 0 Å². The highest BCUT2D eigenvalue weighted by molar-refractivity contribution is 5.79. The van der Waals surface area contributed by atoms with Gasteiger partial charge in [0, 0.05) is 18.7 Å². The maximum absolute atomic E-state index is 10.8. The molecular weight excluding hydrogens is 180 g/mol. The van der Waals surface area contributed by atoms with E-state index in [1.807, 2.05) is 24.6 Å². The summed E-state index contributed by atoms with van der Waals surface area (Å²) >= 11 is 0. The number of primary amides is 1. The predicted molar refractivity (Wildman–Crippen MR) is 53.5 cm³/mol. The van der Waals surface area contributed by atoms with Crippen LogP contribution in [0.5, 0.6) is 0 Å². The largest absolute Gasteiger partial charge is 0.368 e. The van der Waals surface area contributed by atoms with Gasteiger partial charge in [-0.2, -0.15) is 5.10 Å². The maximum Gasteiger partial charge on any atom is 0.234 e. The summed E-state index contributed by atoms with van der Waals surface area (Å²) in [4.78, 5) is 10.8. The zero-order valence-electron chi connectivity index (χ0n) is 8.53. The van der Waals surface area contributed by atoms with Crippen LogP contribution < -0.4 is 11.5 Å². The van der Waals surface area contributed by atoms with Crippen molar-refractivity contribution < 1.29 is 4.79 Å². The molecular formula is C9H16N4O. The van der Waals surface area contributed by atoms with E-state index in [2.05, 4.69) is 5.10 Å². The highest BCUT2D eigenvalue weighted by atomic mass is 16.1. The number of nitrogens with zero attached hydrogens (tertiary/aromatic N) is 2. The highest BCUT2D eigenvalue weighted by Gasteiger charge is 2.13. The number of amides is 1. The van der Waals surface area contributed by atoms with Crippen LogP contribution in [0.2, 0.25) is 0 Å². The summed E-state index contributed by atoms with van der Waals surface area (Å²) in [6, 6.07) is 1.29. The molecule has 1 atom stereocenters. The summed E-state index contributed by atoms with van der Waals surface area (Å²) in [7, 11) is 0. The molecule has 5 nitrogen and oxygen atoms in total. The van der Waals surface area contributed by atoms with Crippen molar-refractivity contribution in [1.29, 1.82) is 0 Å². The van der Waals surface area contributed by atoms with Crippen LogP contribution in [0.1, 0.15) is 18.3 Å². The van der Waals surface area contributed by atoms with Gasteiger partial charge in [0.1, 0.15) is 0 Å². The minimum atomic E-state index is -0.628. The fraction of sp³-hybridized carbons (Fsp3) is 0.556. The third-order valence-electron chi connectivity index (χ3n) is 2.08. The lowest BCUT2D eigenvalue weighted by molar-refractivity contribution is -0.119. The van der Waals surface area contributed by atoms with Crippen LogP contribution in [-0.4, -0.2) is 21.7 Å². The zero-order chi connectivity index (χ0) is 10.7. The molecule has 0 fully saturated rings. The Hall–Kier alpha value is -1.36. The van der Waals surface area contributed by atoms with E-state index in [9.17, 15) is 4.79 Å². The monoisotopic (exact) mass is 196 g/mol. The van der Waals surface area contributed by atoms with Gasteiger partial charge in [0.05, 0.1) is 11.7 Å². The smallest absolute Gasteiger partial charge is 0.234 e. The normalized spacial score (nSPS) is 12.8. The van der Waals surface area contributed by atoms with E-state index in [1.165, 1.54) is 0 Å². The first-order chi connectivity index (χ1) is 6.54. The van der Waals surface area contributed by atoms with Gasteiger partial charge >= 0.3 is 0 Å². The Kier molecular flexibility index (Phi) is 3.24. The second-order valence-electron chi connectivity index (χ2n) is 3.31. The van der Waals surface area contributed by atoms with Crippen molar-refractivity contribution in [2.75, 3.05) is 0 Å². The Balaban J connectivity index is 2.79. The number of aromatic nitrogens is 2. The minimum Gasteiger partial charge on any atom is -0.368 e. The first kappa shape index (κ1) is 10.7. The van der Waals surface area contributed by atoms with E-state index in [-0.39, 0.29) is 0 Å². The van der Waals surface area contributed by atoms with Crippen molar-refractivity contribution in [2.45, 2.75) is 32.9 Å². The molecule has 14 heavy (non-hydrogen) atoms. The third-order valence-corrected chi connectivity index (χ3v) is 2.08. The van der Waals surface area contributed by atoms with E-state index in [1.54, 1.807) is 0 Å². The van der Waals surface area contributed by atoms with Crippen molar-refractivity contribution >= 4 is 5.91 Å². The van der Waals surface area contributed by atoms with E-state index in [4.69, 9.17) is 11.5 Å². The molecule has 5 heteroatoms. The molecule has 0 spiro atoms. The molecule has 1 heterocycles. The first-order valence-corrected chi connectivity index (χ1v) is 4.62. The minimum absolute atomic E-state index is 0.448. The number of rotatable bonds is 4. The molecule has 0 radical (unpaired) electrons. The molecule has 1 unspecified atom stereocenters. The summed E-state index contributed by atoms with van der Waals surface area (Å²) < 4.78 is 1.83. The molecule has 78 valence electrons. The Morgan fingerprint density at radius 2 is 2.36 bits per heavy atom. The lowest BCUT2D eigenvalue weighted by Crippen LogP contribution is -2.38. The molecule has 1 aromatic rings. The number of carbonyl (C=O) groups excluding carboxylic acids is 1.